The maximum atomic E-state index is 11.1. The molecule has 0 bridgehead atoms. The van der Waals surface area contributed by atoms with Crippen molar-refractivity contribution in [1.82, 2.24) is 0 Å². The predicted octanol–water partition coefficient (Wildman–Crippen LogP) is 1.26. The summed E-state index contributed by atoms with van der Waals surface area (Å²) in [6, 6.07) is 6.22. The molecule has 0 aliphatic heterocycles. The van der Waals surface area contributed by atoms with Crippen LogP contribution < -0.4 is 0 Å². The molecule has 0 aromatic heterocycles. The van der Waals surface area contributed by atoms with Gasteiger partial charge in [0.05, 0.1) is 12.7 Å². The standard InChI is InChI=1S/C12H12O4/c1-8(12(15)16-2)11(14)10-5-3-9(7-13)4-6-10/h3-7,11,14H,1H2,2H3/t11-/m0/s1. The van der Waals surface area contributed by atoms with Gasteiger partial charge in [-0.05, 0) is 5.56 Å². The average molecular weight is 220 g/mol. The van der Waals surface area contributed by atoms with Gasteiger partial charge in [0.25, 0.3) is 0 Å². The van der Waals surface area contributed by atoms with Crippen LogP contribution in [0.3, 0.4) is 0 Å². The molecule has 0 unspecified atom stereocenters. The van der Waals surface area contributed by atoms with E-state index in [2.05, 4.69) is 11.3 Å². The Kier molecular flexibility index (Phi) is 3.96. The summed E-state index contributed by atoms with van der Waals surface area (Å²) in [4.78, 5) is 21.5. The highest BCUT2D eigenvalue weighted by molar-refractivity contribution is 5.89. The van der Waals surface area contributed by atoms with Crippen molar-refractivity contribution in [3.8, 4) is 0 Å². The van der Waals surface area contributed by atoms with E-state index in [1.54, 1.807) is 24.3 Å². The van der Waals surface area contributed by atoms with E-state index in [1.165, 1.54) is 7.11 Å². The summed E-state index contributed by atoms with van der Waals surface area (Å²) in [7, 11) is 1.22. The van der Waals surface area contributed by atoms with Crippen LogP contribution in [0.4, 0.5) is 0 Å². The zero-order valence-electron chi connectivity index (χ0n) is 8.84. The Hall–Kier alpha value is -1.94. The number of methoxy groups -OCH3 is 1. The molecule has 1 N–H and O–H groups in total. The Bertz CT molecular complexity index is 406. The summed E-state index contributed by atoms with van der Waals surface area (Å²) in [6.45, 7) is 3.45. The molecular weight excluding hydrogens is 208 g/mol. The van der Waals surface area contributed by atoms with E-state index >= 15 is 0 Å². The van der Waals surface area contributed by atoms with Crippen LogP contribution in [0.25, 0.3) is 0 Å². The number of carbonyl (C=O) groups is 2. The topological polar surface area (TPSA) is 63.6 Å². The molecule has 0 amide bonds. The largest absolute Gasteiger partial charge is 0.466 e. The second kappa shape index (κ2) is 5.23. The summed E-state index contributed by atoms with van der Waals surface area (Å²) in [5.41, 5.74) is 0.946. The highest BCUT2D eigenvalue weighted by atomic mass is 16.5. The van der Waals surface area contributed by atoms with Crippen molar-refractivity contribution in [2.24, 2.45) is 0 Å². The third-order valence-corrected chi connectivity index (χ3v) is 2.17. The van der Waals surface area contributed by atoms with E-state index < -0.39 is 12.1 Å². The fraction of sp³-hybridized carbons (Fsp3) is 0.167. The number of hydrogen-bond donors (Lipinski definition) is 1. The van der Waals surface area contributed by atoms with Gasteiger partial charge in [-0.3, -0.25) is 4.79 Å². The number of aliphatic hydroxyl groups excluding tert-OH is 1. The Labute approximate surface area is 93.2 Å². The summed E-state index contributed by atoms with van der Waals surface area (Å²) in [6.07, 6.45) is -0.418. The minimum absolute atomic E-state index is 0.0404. The first-order chi connectivity index (χ1) is 7.60. The lowest BCUT2D eigenvalue weighted by Crippen LogP contribution is -2.11. The molecule has 4 nitrogen and oxygen atoms in total. The molecule has 4 heteroatoms. The van der Waals surface area contributed by atoms with Gasteiger partial charge in [-0.15, -0.1) is 0 Å². The monoisotopic (exact) mass is 220 g/mol. The zero-order chi connectivity index (χ0) is 12.1. The van der Waals surface area contributed by atoms with Gasteiger partial charge in [0, 0.05) is 5.56 Å². The van der Waals surface area contributed by atoms with Crippen molar-refractivity contribution in [1.29, 1.82) is 0 Å². The van der Waals surface area contributed by atoms with Crippen molar-refractivity contribution in [3.63, 3.8) is 0 Å². The van der Waals surface area contributed by atoms with Crippen LogP contribution in [0, 0.1) is 0 Å². The first kappa shape index (κ1) is 12.1. The van der Waals surface area contributed by atoms with E-state index in [0.29, 0.717) is 17.4 Å². The van der Waals surface area contributed by atoms with Gasteiger partial charge < -0.3 is 9.84 Å². The summed E-state index contributed by atoms with van der Waals surface area (Å²) in [5.74, 6) is -0.660. The molecule has 16 heavy (non-hydrogen) atoms. The summed E-state index contributed by atoms with van der Waals surface area (Å²) in [5, 5.41) is 9.77. The number of ether oxygens (including phenoxy) is 1. The average Bonchev–Trinajstić information content (AvgIpc) is 2.36. The van der Waals surface area contributed by atoms with Crippen LogP contribution in [-0.2, 0) is 9.53 Å². The molecule has 0 radical (unpaired) electrons. The molecule has 1 atom stereocenters. The van der Waals surface area contributed by atoms with Gasteiger partial charge in [0.1, 0.15) is 12.4 Å². The first-order valence-electron chi connectivity index (χ1n) is 4.60. The maximum absolute atomic E-state index is 11.1. The lowest BCUT2D eigenvalue weighted by atomic mass is 10.0. The van der Waals surface area contributed by atoms with E-state index in [4.69, 9.17) is 0 Å². The molecule has 1 aromatic carbocycles. The Morgan fingerprint density at radius 2 is 2.00 bits per heavy atom. The Morgan fingerprint density at radius 1 is 1.44 bits per heavy atom. The minimum atomic E-state index is -1.12. The van der Waals surface area contributed by atoms with Gasteiger partial charge in [-0.1, -0.05) is 30.8 Å². The van der Waals surface area contributed by atoms with Gasteiger partial charge >= 0.3 is 5.97 Å². The third kappa shape index (κ3) is 2.55. The number of hydrogen-bond acceptors (Lipinski definition) is 4. The normalized spacial score (nSPS) is 11.6. The fourth-order valence-electron chi connectivity index (χ4n) is 1.20. The van der Waals surface area contributed by atoms with Crippen molar-refractivity contribution in [3.05, 3.63) is 47.5 Å². The van der Waals surface area contributed by atoms with Crippen LogP contribution in [0.1, 0.15) is 22.0 Å². The molecule has 0 saturated carbocycles. The quantitative estimate of drug-likeness (QED) is 0.471. The number of esters is 1. The van der Waals surface area contributed by atoms with Crippen LogP contribution >= 0.6 is 0 Å². The van der Waals surface area contributed by atoms with Crippen LogP contribution in [0.5, 0.6) is 0 Å². The molecule has 0 fully saturated rings. The second-order valence-corrected chi connectivity index (χ2v) is 3.20. The fourth-order valence-corrected chi connectivity index (χ4v) is 1.20. The summed E-state index contributed by atoms with van der Waals surface area (Å²) >= 11 is 0. The molecule has 0 aliphatic carbocycles. The number of aliphatic hydroxyl groups is 1. The number of benzene rings is 1. The minimum Gasteiger partial charge on any atom is -0.466 e. The number of rotatable bonds is 4. The van der Waals surface area contributed by atoms with Crippen molar-refractivity contribution in [2.75, 3.05) is 7.11 Å². The van der Waals surface area contributed by atoms with Gasteiger partial charge in [0.15, 0.2) is 0 Å². The van der Waals surface area contributed by atoms with Crippen molar-refractivity contribution in [2.45, 2.75) is 6.10 Å². The lowest BCUT2D eigenvalue weighted by molar-refractivity contribution is -0.137. The van der Waals surface area contributed by atoms with E-state index in [9.17, 15) is 14.7 Å². The van der Waals surface area contributed by atoms with Gasteiger partial charge in [-0.25, -0.2) is 4.79 Å². The number of carbonyl (C=O) groups excluding carboxylic acids is 2. The highest BCUT2D eigenvalue weighted by Gasteiger charge is 2.18. The van der Waals surface area contributed by atoms with Gasteiger partial charge in [-0.2, -0.15) is 0 Å². The van der Waals surface area contributed by atoms with Gasteiger partial charge in [0.2, 0.25) is 0 Å². The molecule has 0 aliphatic rings. The maximum Gasteiger partial charge on any atom is 0.336 e. The smallest absolute Gasteiger partial charge is 0.336 e. The Morgan fingerprint density at radius 3 is 2.44 bits per heavy atom. The molecular formula is C12H12O4. The summed E-state index contributed by atoms with van der Waals surface area (Å²) < 4.78 is 4.44. The predicted molar refractivity (Wildman–Crippen MR) is 57.9 cm³/mol. The van der Waals surface area contributed by atoms with Crippen molar-refractivity contribution >= 4 is 12.3 Å². The molecule has 0 heterocycles. The molecule has 0 spiro atoms. The Balaban J connectivity index is 2.87. The van der Waals surface area contributed by atoms with Crippen molar-refractivity contribution < 1.29 is 19.4 Å². The SMILES string of the molecule is C=C(C(=O)OC)[C@H](O)c1ccc(C=O)cc1. The number of aldehydes is 1. The van der Waals surface area contributed by atoms with E-state index in [1.807, 2.05) is 0 Å². The molecule has 1 rings (SSSR count). The second-order valence-electron chi connectivity index (χ2n) is 3.20. The lowest BCUT2D eigenvalue weighted by Gasteiger charge is -2.12. The van der Waals surface area contributed by atoms with E-state index in [0.717, 1.165) is 0 Å². The zero-order valence-corrected chi connectivity index (χ0v) is 8.84. The van der Waals surface area contributed by atoms with E-state index in [-0.39, 0.29) is 5.57 Å². The van der Waals surface area contributed by atoms with Crippen LogP contribution in [-0.4, -0.2) is 24.5 Å². The highest BCUT2D eigenvalue weighted by Crippen LogP contribution is 2.21. The van der Waals surface area contributed by atoms with Crippen LogP contribution in [0.15, 0.2) is 36.4 Å². The first-order valence-corrected chi connectivity index (χ1v) is 4.60. The molecule has 1 aromatic rings. The molecule has 84 valence electrons. The van der Waals surface area contributed by atoms with Crippen LogP contribution in [0.2, 0.25) is 0 Å². The molecule has 0 saturated heterocycles. The third-order valence-electron chi connectivity index (χ3n) is 2.17.